The lowest BCUT2D eigenvalue weighted by atomic mass is 9.54. The van der Waals surface area contributed by atoms with E-state index in [1.165, 1.54) is 0 Å². The number of nitrogens with zero attached hydrogens (tertiary/aromatic N) is 4. The van der Waals surface area contributed by atoms with Gasteiger partial charge in [0.05, 0.1) is 24.3 Å². The van der Waals surface area contributed by atoms with Crippen LogP contribution in [0.2, 0.25) is 0 Å². The van der Waals surface area contributed by atoms with Gasteiger partial charge in [0.25, 0.3) is 0 Å². The number of hydrogen-bond acceptors (Lipinski definition) is 4. The highest BCUT2D eigenvalue weighted by Crippen LogP contribution is 2.52. The van der Waals surface area contributed by atoms with Crippen molar-refractivity contribution in [3.63, 3.8) is 0 Å². The Hall–Kier alpha value is -2.04. The van der Waals surface area contributed by atoms with Gasteiger partial charge in [-0.3, -0.25) is 0 Å². The molecule has 0 heterocycles. The van der Waals surface area contributed by atoms with Crippen LogP contribution in [0.15, 0.2) is 0 Å². The van der Waals surface area contributed by atoms with Gasteiger partial charge in [0.1, 0.15) is 0 Å². The maximum absolute atomic E-state index is 9.14. The Morgan fingerprint density at radius 2 is 1.53 bits per heavy atom. The van der Waals surface area contributed by atoms with Gasteiger partial charge in [-0.05, 0) is 18.8 Å². The summed E-state index contributed by atoms with van der Waals surface area (Å²) >= 11 is 0. The van der Waals surface area contributed by atoms with E-state index in [4.69, 9.17) is 21.0 Å². The normalized spacial score (nSPS) is 26.3. The zero-order chi connectivity index (χ0) is 11.5. The van der Waals surface area contributed by atoms with Crippen molar-refractivity contribution < 1.29 is 0 Å². The average Bonchev–Trinajstić information content (AvgIpc) is 2.29. The van der Waals surface area contributed by atoms with Gasteiger partial charge in [-0.2, -0.15) is 21.0 Å². The molecule has 0 bridgehead atoms. The molecule has 0 aromatic carbocycles. The summed E-state index contributed by atoms with van der Waals surface area (Å²) in [5, 5.41) is 36.4. The Balaban J connectivity index is 3.42. The molecule has 0 amide bonds. The van der Waals surface area contributed by atoms with E-state index in [0.717, 1.165) is 0 Å². The molecule has 1 aliphatic carbocycles. The van der Waals surface area contributed by atoms with Gasteiger partial charge >= 0.3 is 0 Å². The summed E-state index contributed by atoms with van der Waals surface area (Å²) in [7, 11) is 0. The highest BCUT2D eigenvalue weighted by atomic mass is 14.6. The predicted octanol–water partition coefficient (Wildman–Crippen LogP) is 1.87. The molecule has 0 spiro atoms. The molecule has 15 heavy (non-hydrogen) atoms. The standard InChI is InChI=1S/C11H10N4/c1-9-3-2-4-10(5-12,6-13)11(9,7-14)8-15/h9H,2-4H2,1H3. The minimum absolute atomic E-state index is 0.236. The second kappa shape index (κ2) is 3.61. The number of hydrogen-bond donors (Lipinski definition) is 0. The van der Waals surface area contributed by atoms with Gasteiger partial charge < -0.3 is 0 Å². The lowest BCUT2D eigenvalue weighted by molar-refractivity contribution is 0.133. The molecule has 4 nitrogen and oxygen atoms in total. The molecule has 1 atom stereocenters. The monoisotopic (exact) mass is 198 g/mol. The minimum Gasteiger partial charge on any atom is -0.196 e. The summed E-state index contributed by atoms with van der Waals surface area (Å²) in [6.45, 7) is 1.76. The largest absolute Gasteiger partial charge is 0.196 e. The van der Waals surface area contributed by atoms with E-state index in [2.05, 4.69) is 0 Å². The molecule has 0 N–H and O–H groups in total. The summed E-state index contributed by atoms with van der Waals surface area (Å²) < 4.78 is 0. The van der Waals surface area contributed by atoms with Crippen LogP contribution in [0.4, 0.5) is 0 Å². The zero-order valence-corrected chi connectivity index (χ0v) is 8.49. The molecule has 1 saturated carbocycles. The highest BCUT2D eigenvalue weighted by molar-refractivity contribution is 5.36. The van der Waals surface area contributed by atoms with Crippen LogP contribution in [0, 0.1) is 62.1 Å². The quantitative estimate of drug-likeness (QED) is 0.593. The van der Waals surface area contributed by atoms with Crippen LogP contribution in [-0.2, 0) is 0 Å². The van der Waals surface area contributed by atoms with Gasteiger partial charge in [-0.15, -0.1) is 0 Å². The molecule has 0 aliphatic heterocycles. The van der Waals surface area contributed by atoms with Crippen molar-refractivity contribution >= 4 is 0 Å². The predicted molar refractivity (Wildman–Crippen MR) is 50.3 cm³/mol. The maximum Gasteiger partial charge on any atom is 0.177 e. The van der Waals surface area contributed by atoms with Crippen LogP contribution < -0.4 is 0 Å². The molecule has 1 unspecified atom stereocenters. The molecule has 0 radical (unpaired) electrons. The van der Waals surface area contributed by atoms with Crippen molar-refractivity contribution in [3.05, 3.63) is 0 Å². The van der Waals surface area contributed by atoms with E-state index in [1.807, 2.05) is 24.3 Å². The van der Waals surface area contributed by atoms with Crippen molar-refractivity contribution in [2.75, 3.05) is 0 Å². The average molecular weight is 198 g/mol. The van der Waals surface area contributed by atoms with Crippen LogP contribution in [0.25, 0.3) is 0 Å². The first kappa shape index (κ1) is 11.0. The van der Waals surface area contributed by atoms with E-state index < -0.39 is 10.8 Å². The van der Waals surface area contributed by atoms with Gasteiger partial charge in [0.15, 0.2) is 10.8 Å². The summed E-state index contributed by atoms with van der Waals surface area (Å²) in [5.74, 6) is -0.236. The second-order valence-corrected chi connectivity index (χ2v) is 3.95. The first-order valence-corrected chi connectivity index (χ1v) is 4.77. The fraction of sp³-hybridized carbons (Fsp3) is 0.636. The van der Waals surface area contributed by atoms with Crippen LogP contribution in [-0.4, -0.2) is 0 Å². The van der Waals surface area contributed by atoms with Gasteiger partial charge in [0, 0.05) is 0 Å². The van der Waals surface area contributed by atoms with Crippen molar-refractivity contribution in [1.82, 2.24) is 0 Å². The van der Waals surface area contributed by atoms with Crippen LogP contribution >= 0.6 is 0 Å². The number of rotatable bonds is 0. The van der Waals surface area contributed by atoms with Crippen molar-refractivity contribution in [2.45, 2.75) is 26.2 Å². The third-order valence-electron chi connectivity index (χ3n) is 3.34. The van der Waals surface area contributed by atoms with Gasteiger partial charge in [-0.25, -0.2) is 0 Å². The third-order valence-corrected chi connectivity index (χ3v) is 3.34. The van der Waals surface area contributed by atoms with E-state index in [-0.39, 0.29) is 5.92 Å². The van der Waals surface area contributed by atoms with E-state index >= 15 is 0 Å². The maximum atomic E-state index is 9.14. The third kappa shape index (κ3) is 1.16. The molecule has 0 aromatic heterocycles. The van der Waals surface area contributed by atoms with Gasteiger partial charge in [-0.1, -0.05) is 13.3 Å². The molecule has 1 aliphatic rings. The van der Waals surface area contributed by atoms with E-state index in [0.29, 0.717) is 19.3 Å². The molecule has 1 rings (SSSR count). The Morgan fingerprint density at radius 1 is 1.00 bits per heavy atom. The van der Waals surface area contributed by atoms with Crippen LogP contribution in [0.5, 0.6) is 0 Å². The molecule has 0 aromatic rings. The summed E-state index contributed by atoms with van der Waals surface area (Å²) in [4.78, 5) is 0. The summed E-state index contributed by atoms with van der Waals surface area (Å²) in [6.07, 6.45) is 1.74. The van der Waals surface area contributed by atoms with Gasteiger partial charge in [0.2, 0.25) is 0 Å². The van der Waals surface area contributed by atoms with Crippen molar-refractivity contribution in [1.29, 1.82) is 21.0 Å². The van der Waals surface area contributed by atoms with Crippen LogP contribution in [0.1, 0.15) is 26.2 Å². The SMILES string of the molecule is CC1CCCC(C#N)(C#N)C1(C#N)C#N. The molecule has 4 heteroatoms. The molecular formula is C11H10N4. The first-order chi connectivity index (χ1) is 7.12. The van der Waals surface area contributed by atoms with Crippen molar-refractivity contribution in [3.8, 4) is 24.3 Å². The molecular weight excluding hydrogens is 188 g/mol. The molecule has 74 valence electrons. The highest BCUT2D eigenvalue weighted by Gasteiger charge is 2.59. The number of nitriles is 4. The summed E-state index contributed by atoms with van der Waals surface area (Å²) in [5.41, 5.74) is -2.94. The smallest absolute Gasteiger partial charge is 0.177 e. The van der Waals surface area contributed by atoms with E-state index in [9.17, 15) is 0 Å². The fourth-order valence-electron chi connectivity index (χ4n) is 2.26. The Morgan fingerprint density at radius 3 is 1.87 bits per heavy atom. The molecule has 0 saturated heterocycles. The second-order valence-electron chi connectivity index (χ2n) is 3.95. The van der Waals surface area contributed by atoms with Crippen molar-refractivity contribution in [2.24, 2.45) is 16.7 Å². The Bertz CT molecular complexity index is 395. The lowest BCUT2D eigenvalue weighted by Gasteiger charge is -2.40. The Labute approximate surface area is 89.0 Å². The molecule has 1 fully saturated rings. The van der Waals surface area contributed by atoms with E-state index in [1.54, 1.807) is 6.92 Å². The van der Waals surface area contributed by atoms with Crippen LogP contribution in [0.3, 0.4) is 0 Å². The lowest BCUT2D eigenvalue weighted by Crippen LogP contribution is -2.46. The zero-order valence-electron chi connectivity index (χ0n) is 8.49. The first-order valence-electron chi connectivity index (χ1n) is 4.77. The fourth-order valence-corrected chi connectivity index (χ4v) is 2.26. The minimum atomic E-state index is -1.48. The Kier molecular flexibility index (Phi) is 2.65. The topological polar surface area (TPSA) is 95.2 Å². The summed E-state index contributed by atoms with van der Waals surface area (Å²) in [6, 6.07) is 7.58.